The number of ether oxygens (including phenoxy) is 1. The summed E-state index contributed by atoms with van der Waals surface area (Å²) in [7, 11) is 0. The van der Waals surface area contributed by atoms with E-state index in [0.29, 0.717) is 6.04 Å². The van der Waals surface area contributed by atoms with Crippen molar-refractivity contribution in [3.63, 3.8) is 0 Å². The van der Waals surface area contributed by atoms with Gasteiger partial charge in [0.15, 0.2) is 0 Å². The third-order valence-electron chi connectivity index (χ3n) is 4.01. The quantitative estimate of drug-likeness (QED) is 0.901. The number of fused-ring (bicyclic) bond motifs is 1. The first-order valence-corrected chi connectivity index (χ1v) is 7.60. The van der Waals surface area contributed by atoms with Crippen molar-refractivity contribution in [1.82, 2.24) is 5.32 Å². The maximum Gasteiger partial charge on any atom is 0.124 e. The van der Waals surface area contributed by atoms with E-state index in [1.807, 2.05) is 6.07 Å². The SMILES string of the molecule is Cc1cccc(CNC2CC(C)(C)Oc3ccccc32)c1. The van der Waals surface area contributed by atoms with Crippen LogP contribution in [0.5, 0.6) is 5.75 Å². The number of hydrogen-bond donors (Lipinski definition) is 1. The van der Waals surface area contributed by atoms with Crippen LogP contribution in [0.3, 0.4) is 0 Å². The zero-order valence-electron chi connectivity index (χ0n) is 13.0. The smallest absolute Gasteiger partial charge is 0.124 e. The Balaban J connectivity index is 1.78. The lowest BCUT2D eigenvalue weighted by Gasteiger charge is -2.38. The largest absolute Gasteiger partial charge is 0.487 e. The maximum absolute atomic E-state index is 6.08. The highest BCUT2D eigenvalue weighted by Crippen LogP contribution is 2.39. The predicted octanol–water partition coefficient (Wildman–Crippen LogP) is 4.39. The molecule has 0 amide bonds. The molecule has 2 nitrogen and oxygen atoms in total. The van der Waals surface area contributed by atoms with Crippen molar-refractivity contribution in [2.45, 2.75) is 45.4 Å². The fourth-order valence-electron chi connectivity index (χ4n) is 3.05. The van der Waals surface area contributed by atoms with Gasteiger partial charge in [-0.05, 0) is 32.4 Å². The van der Waals surface area contributed by atoms with Crippen LogP contribution in [0.4, 0.5) is 0 Å². The van der Waals surface area contributed by atoms with Crippen LogP contribution >= 0.6 is 0 Å². The molecule has 1 heterocycles. The zero-order valence-corrected chi connectivity index (χ0v) is 13.0. The highest BCUT2D eigenvalue weighted by atomic mass is 16.5. The Morgan fingerprint density at radius 3 is 2.76 bits per heavy atom. The minimum absolute atomic E-state index is 0.126. The first-order valence-electron chi connectivity index (χ1n) is 7.60. The van der Waals surface area contributed by atoms with Crippen LogP contribution in [0.2, 0.25) is 0 Å². The summed E-state index contributed by atoms with van der Waals surface area (Å²) in [5.41, 5.74) is 3.78. The molecule has 110 valence electrons. The molecule has 1 aliphatic rings. The molecule has 21 heavy (non-hydrogen) atoms. The van der Waals surface area contributed by atoms with Gasteiger partial charge in [-0.1, -0.05) is 48.0 Å². The van der Waals surface area contributed by atoms with Gasteiger partial charge in [0.1, 0.15) is 11.4 Å². The van der Waals surface area contributed by atoms with Gasteiger partial charge >= 0.3 is 0 Å². The summed E-state index contributed by atoms with van der Waals surface area (Å²) >= 11 is 0. The molecule has 2 heteroatoms. The molecule has 1 atom stereocenters. The van der Waals surface area contributed by atoms with Gasteiger partial charge in [0.05, 0.1) is 0 Å². The van der Waals surface area contributed by atoms with E-state index in [0.717, 1.165) is 18.7 Å². The van der Waals surface area contributed by atoms with Gasteiger partial charge in [0.25, 0.3) is 0 Å². The van der Waals surface area contributed by atoms with Crippen LogP contribution in [0.1, 0.15) is 43.0 Å². The molecule has 1 N–H and O–H groups in total. The molecule has 0 bridgehead atoms. The number of nitrogens with one attached hydrogen (secondary N) is 1. The van der Waals surface area contributed by atoms with Crippen molar-refractivity contribution in [3.8, 4) is 5.75 Å². The number of benzene rings is 2. The van der Waals surface area contributed by atoms with E-state index in [-0.39, 0.29) is 5.60 Å². The Bertz CT molecular complexity index is 633. The third-order valence-corrected chi connectivity index (χ3v) is 4.01. The van der Waals surface area contributed by atoms with Crippen LogP contribution in [-0.4, -0.2) is 5.60 Å². The Labute approximate surface area is 127 Å². The molecule has 0 spiro atoms. The molecule has 0 saturated carbocycles. The second-order valence-electron chi connectivity index (χ2n) is 6.53. The van der Waals surface area contributed by atoms with Crippen molar-refractivity contribution in [3.05, 3.63) is 65.2 Å². The molecule has 0 saturated heterocycles. The van der Waals surface area contributed by atoms with E-state index < -0.39 is 0 Å². The molecule has 0 fully saturated rings. The Hall–Kier alpha value is -1.80. The van der Waals surface area contributed by atoms with Crippen LogP contribution in [0.15, 0.2) is 48.5 Å². The lowest BCUT2D eigenvalue weighted by molar-refractivity contribution is 0.0657. The molecule has 3 rings (SSSR count). The van der Waals surface area contributed by atoms with Gasteiger partial charge < -0.3 is 10.1 Å². The van der Waals surface area contributed by atoms with Crippen molar-refractivity contribution in [2.24, 2.45) is 0 Å². The van der Waals surface area contributed by atoms with Crippen molar-refractivity contribution in [1.29, 1.82) is 0 Å². The van der Waals surface area contributed by atoms with E-state index in [2.05, 4.69) is 68.6 Å². The summed E-state index contributed by atoms with van der Waals surface area (Å²) in [6.07, 6.45) is 0.982. The van der Waals surface area contributed by atoms with Crippen LogP contribution in [0, 0.1) is 6.92 Å². The molecular formula is C19H23NO. The monoisotopic (exact) mass is 281 g/mol. The summed E-state index contributed by atoms with van der Waals surface area (Å²) in [4.78, 5) is 0. The molecule has 2 aromatic rings. The molecule has 2 aromatic carbocycles. The van der Waals surface area contributed by atoms with Gasteiger partial charge in [0.2, 0.25) is 0 Å². The number of aryl methyl sites for hydroxylation is 1. The molecule has 1 aliphatic heterocycles. The van der Waals surface area contributed by atoms with Crippen molar-refractivity contribution >= 4 is 0 Å². The van der Waals surface area contributed by atoms with Gasteiger partial charge in [-0.15, -0.1) is 0 Å². The van der Waals surface area contributed by atoms with Gasteiger partial charge in [0, 0.05) is 24.6 Å². The molecular weight excluding hydrogens is 258 g/mol. The fourth-order valence-corrected chi connectivity index (χ4v) is 3.05. The Kier molecular flexibility index (Phi) is 3.73. The fraction of sp³-hybridized carbons (Fsp3) is 0.368. The summed E-state index contributed by atoms with van der Waals surface area (Å²) in [5, 5.41) is 3.70. The summed E-state index contributed by atoms with van der Waals surface area (Å²) in [6.45, 7) is 7.34. The number of rotatable bonds is 3. The second-order valence-corrected chi connectivity index (χ2v) is 6.53. The van der Waals surface area contributed by atoms with Crippen molar-refractivity contribution in [2.75, 3.05) is 0 Å². The molecule has 0 aromatic heterocycles. The van der Waals surface area contributed by atoms with E-state index in [1.54, 1.807) is 0 Å². The average molecular weight is 281 g/mol. The predicted molar refractivity (Wildman–Crippen MR) is 86.5 cm³/mol. The molecule has 1 unspecified atom stereocenters. The van der Waals surface area contributed by atoms with Gasteiger partial charge in [-0.3, -0.25) is 0 Å². The average Bonchev–Trinajstić information content (AvgIpc) is 2.44. The third kappa shape index (κ3) is 3.27. The topological polar surface area (TPSA) is 21.3 Å². The Morgan fingerprint density at radius 2 is 1.95 bits per heavy atom. The van der Waals surface area contributed by atoms with E-state index in [9.17, 15) is 0 Å². The minimum Gasteiger partial charge on any atom is -0.487 e. The highest BCUT2D eigenvalue weighted by molar-refractivity contribution is 5.38. The Morgan fingerprint density at radius 1 is 1.14 bits per heavy atom. The van der Waals surface area contributed by atoms with E-state index in [4.69, 9.17) is 4.74 Å². The lowest BCUT2D eigenvalue weighted by atomic mass is 9.89. The zero-order chi connectivity index (χ0) is 14.9. The summed E-state index contributed by atoms with van der Waals surface area (Å²) in [5.74, 6) is 1.01. The molecule has 0 radical (unpaired) electrons. The van der Waals surface area contributed by atoms with E-state index in [1.165, 1.54) is 16.7 Å². The van der Waals surface area contributed by atoms with Crippen LogP contribution in [0.25, 0.3) is 0 Å². The van der Waals surface area contributed by atoms with Crippen LogP contribution in [-0.2, 0) is 6.54 Å². The van der Waals surface area contributed by atoms with Gasteiger partial charge in [-0.2, -0.15) is 0 Å². The number of para-hydroxylation sites is 1. The summed E-state index contributed by atoms with van der Waals surface area (Å²) < 4.78 is 6.08. The van der Waals surface area contributed by atoms with Crippen molar-refractivity contribution < 1.29 is 4.74 Å². The summed E-state index contributed by atoms with van der Waals surface area (Å²) in [6, 6.07) is 17.4. The molecule has 0 aliphatic carbocycles. The minimum atomic E-state index is -0.126. The highest BCUT2D eigenvalue weighted by Gasteiger charge is 2.33. The first kappa shape index (κ1) is 14.2. The van der Waals surface area contributed by atoms with Gasteiger partial charge in [-0.25, -0.2) is 0 Å². The lowest BCUT2D eigenvalue weighted by Crippen LogP contribution is -2.39. The van der Waals surface area contributed by atoms with E-state index >= 15 is 0 Å². The second kappa shape index (κ2) is 5.53. The normalized spacial score (nSPS) is 19.7. The number of hydrogen-bond acceptors (Lipinski definition) is 2. The first-order chi connectivity index (χ1) is 10.0. The standard InChI is InChI=1S/C19H23NO/c1-14-7-6-8-15(11-14)13-20-17-12-19(2,3)21-18-10-5-4-9-16(17)18/h4-11,17,20H,12-13H2,1-3H3. The maximum atomic E-state index is 6.08. The van der Waals surface area contributed by atoms with Crippen LogP contribution < -0.4 is 10.1 Å².